The molecule has 7 rings (SSSR count). The van der Waals surface area contributed by atoms with Crippen LogP contribution in [-0.4, -0.2) is 189 Å². The van der Waals surface area contributed by atoms with E-state index in [-0.39, 0.29) is 87.2 Å². The summed E-state index contributed by atoms with van der Waals surface area (Å²) in [6.07, 6.45) is 0.387. The van der Waals surface area contributed by atoms with Crippen LogP contribution in [0.15, 0.2) is 107 Å². The van der Waals surface area contributed by atoms with Crippen molar-refractivity contribution in [3.63, 3.8) is 0 Å². The fourth-order valence-corrected chi connectivity index (χ4v) is 13.6. The van der Waals surface area contributed by atoms with Crippen molar-refractivity contribution in [3.8, 4) is 5.75 Å². The standard InChI is InChI=1S/C65H82N18O14S2/c1-34(2)24-45(55(87)73-44(14-8-22-70-65(67)68)63(95)83-23-9-15-53(83)62(94)78-50(30-66)64(96)97)74-60(92)51-32-98-99-33-52(79-56(88)46(72-35(3)84)27-37-16-19-38-10-4-5-11-39(38)25-37)61(93)76-48(28-40-31-71-43-13-7-6-12-42(40)43)58(90)77-49(29-54(86)81-82-69)59(91)75-47(57(89)80-51)26-36-17-20-41(85)21-18-36/h4-7,10-13,16-21,25,31,34,44-53,71,85H,8-9,14-15,22-24,26-30,32-33,66H2,1-3H3,(H,72,84)(H,73,87)(H,74,92)(H,75,91)(H,76,93)(H,77,90)(H,78,94)(H,79,88)(H,80,89)(H,96,97)(H4,67,68,70)/t44-,45-,46+,47-,48+,49+,50-,51+,52-,53-/m0/s1. The summed E-state index contributed by atoms with van der Waals surface area (Å²) in [5, 5.41) is 49.0. The Morgan fingerprint density at radius 3 is 2.07 bits per heavy atom. The van der Waals surface area contributed by atoms with Gasteiger partial charge in [0, 0.05) is 85.8 Å². The van der Waals surface area contributed by atoms with E-state index in [1.165, 1.54) is 36.1 Å². The summed E-state index contributed by atoms with van der Waals surface area (Å²) in [6.45, 7) is 4.32. The van der Waals surface area contributed by atoms with E-state index in [1.807, 2.05) is 36.4 Å². The largest absolute Gasteiger partial charge is 0.508 e. The van der Waals surface area contributed by atoms with Crippen molar-refractivity contribution in [1.29, 1.82) is 0 Å². The molecule has 2 fully saturated rings. The first-order chi connectivity index (χ1) is 47.3. The molecule has 4 aromatic carbocycles. The lowest BCUT2D eigenvalue weighted by Crippen LogP contribution is -2.61. The van der Waals surface area contributed by atoms with Crippen LogP contribution in [0.5, 0.6) is 5.75 Å². The second-order valence-corrected chi connectivity index (χ2v) is 26.8. The fraction of sp³-hybridized carbons (Fsp3) is 0.431. The number of benzene rings is 4. The third kappa shape index (κ3) is 22.6. The number of amides is 11. The number of hydrogen-bond acceptors (Lipinski definition) is 17. The predicted molar refractivity (Wildman–Crippen MR) is 369 cm³/mol. The number of likely N-dealkylation sites (tertiary alicyclic amines) is 1. The van der Waals surface area contributed by atoms with E-state index in [0.717, 1.165) is 32.4 Å². The predicted octanol–water partition coefficient (Wildman–Crippen LogP) is 0.194. The second kappa shape index (κ2) is 36.8. The number of phenols is 1. The van der Waals surface area contributed by atoms with E-state index in [9.17, 15) is 58.9 Å². The van der Waals surface area contributed by atoms with E-state index in [1.54, 1.807) is 50.4 Å². The Morgan fingerprint density at radius 1 is 0.727 bits per heavy atom. The Morgan fingerprint density at radius 2 is 1.37 bits per heavy atom. The fourth-order valence-electron chi connectivity index (χ4n) is 11.3. The maximum Gasteiger partial charge on any atom is 0.327 e. The number of hydrogen-bond donors (Lipinski definition) is 15. The van der Waals surface area contributed by atoms with Gasteiger partial charge in [-0.3, -0.25) is 57.7 Å². The Kier molecular flexibility index (Phi) is 28.2. The van der Waals surface area contributed by atoms with Gasteiger partial charge in [-0.2, -0.15) is 0 Å². The van der Waals surface area contributed by atoms with Crippen LogP contribution in [-0.2, 0) is 76.8 Å². The van der Waals surface area contributed by atoms with Gasteiger partial charge in [0.05, 0.1) is 0 Å². The maximum absolute atomic E-state index is 15.1. The molecule has 0 aliphatic carbocycles. The number of aromatic amines is 1. The molecular formula is C65H82N18O14S2. The highest BCUT2D eigenvalue weighted by atomic mass is 33.1. The Labute approximate surface area is 576 Å². The molecule has 2 aliphatic rings. The number of aliphatic imine (C=N–C) groups is 1. The normalized spacial score (nSPS) is 19.8. The highest BCUT2D eigenvalue weighted by Crippen LogP contribution is 2.26. The molecule has 0 spiro atoms. The van der Waals surface area contributed by atoms with Crippen LogP contribution in [0.3, 0.4) is 0 Å². The molecule has 34 heteroatoms. The van der Waals surface area contributed by atoms with E-state index < -0.39 is 144 Å². The van der Waals surface area contributed by atoms with Gasteiger partial charge in [-0.15, -0.1) is 0 Å². The molecule has 2 aliphatic heterocycles. The number of carbonyl (C=O) groups excluding carboxylic acids is 11. The average molecular weight is 1400 g/mol. The van der Waals surface area contributed by atoms with E-state index >= 15 is 14.4 Å². The molecule has 18 N–H and O–H groups in total. The van der Waals surface area contributed by atoms with Crippen LogP contribution < -0.4 is 65.1 Å². The van der Waals surface area contributed by atoms with Crippen LogP contribution in [0.1, 0.15) is 76.0 Å². The summed E-state index contributed by atoms with van der Waals surface area (Å²) in [5.74, 6) is -13.0. The summed E-state index contributed by atoms with van der Waals surface area (Å²) in [6, 6.07) is 10.4. The molecule has 0 saturated carbocycles. The number of carboxylic acid groups (broad SMARTS) is 1. The summed E-state index contributed by atoms with van der Waals surface area (Å²) in [7, 11) is 1.87. The number of guanidine groups is 1. The zero-order valence-corrected chi connectivity index (χ0v) is 56.2. The van der Waals surface area contributed by atoms with Crippen molar-refractivity contribution in [2.24, 2.45) is 33.2 Å². The summed E-state index contributed by atoms with van der Waals surface area (Å²) in [4.78, 5) is 181. The number of H-pyrrole nitrogens is 1. The number of aromatic nitrogens is 1. The van der Waals surface area contributed by atoms with Gasteiger partial charge in [-0.1, -0.05) is 108 Å². The quantitative estimate of drug-likeness (QED) is 0.00668. The topological polar surface area (TPSA) is 512 Å². The van der Waals surface area contributed by atoms with Crippen LogP contribution in [0.2, 0.25) is 0 Å². The molecule has 3 heterocycles. The van der Waals surface area contributed by atoms with Gasteiger partial charge in [-0.05, 0) is 94.3 Å². The molecule has 99 heavy (non-hydrogen) atoms. The van der Waals surface area contributed by atoms with Crippen LogP contribution >= 0.6 is 21.6 Å². The first-order valence-corrected chi connectivity index (χ1v) is 34.4. The molecule has 11 amide bonds. The molecule has 0 radical (unpaired) electrons. The number of nitrogens with one attached hydrogen (secondary N) is 10. The van der Waals surface area contributed by atoms with E-state index in [4.69, 9.17) is 17.2 Å². The van der Waals surface area contributed by atoms with Gasteiger partial charge in [-0.25, -0.2) is 4.79 Å². The molecule has 32 nitrogen and oxygen atoms in total. The molecule has 0 bridgehead atoms. The monoisotopic (exact) mass is 1400 g/mol. The highest BCUT2D eigenvalue weighted by molar-refractivity contribution is 8.76. The Balaban J connectivity index is 1.26. The molecular weight excluding hydrogens is 1320 g/mol. The van der Waals surface area contributed by atoms with E-state index in [2.05, 4.69) is 67.9 Å². The minimum atomic E-state index is -1.94. The Bertz CT molecular complexity index is 3860. The van der Waals surface area contributed by atoms with Gasteiger partial charge in [0.15, 0.2) is 5.96 Å². The van der Waals surface area contributed by atoms with Crippen LogP contribution in [0, 0.1) is 5.92 Å². The number of nitrogens with zero attached hydrogens (tertiary/aromatic N) is 5. The van der Waals surface area contributed by atoms with Gasteiger partial charge in [0.1, 0.15) is 66.2 Å². The summed E-state index contributed by atoms with van der Waals surface area (Å²) < 4.78 is 0. The van der Waals surface area contributed by atoms with Gasteiger partial charge >= 0.3 is 5.97 Å². The average Bonchev–Trinajstić information content (AvgIpc) is 1.77. The third-order valence-electron chi connectivity index (χ3n) is 16.3. The van der Waals surface area contributed by atoms with Crippen molar-refractivity contribution in [2.45, 2.75) is 139 Å². The molecule has 528 valence electrons. The molecule has 1 aromatic heterocycles. The number of aromatic hydroxyl groups is 1. The van der Waals surface area contributed by atoms with E-state index in [0.29, 0.717) is 34.0 Å². The van der Waals surface area contributed by atoms with Gasteiger partial charge < -0.3 is 85.1 Å². The number of phenolic OH excluding ortho intramolecular Hbond substituents is 1. The number of rotatable bonds is 26. The lowest BCUT2D eigenvalue weighted by atomic mass is 10.0. The molecule has 10 atom stereocenters. The third-order valence-corrected chi connectivity index (χ3v) is 18.7. The maximum atomic E-state index is 15.1. The lowest BCUT2D eigenvalue weighted by molar-refractivity contribution is -0.145. The number of carboxylic acids is 1. The molecule has 2 saturated heterocycles. The SMILES string of the molecule is CC(=O)N[C@H](Cc1ccc2ccccc2c1)C(=O)N[C@H]1CSSC[C@H](C(=O)N[C@@H](CC(C)C)C(=O)N[C@@H](CCCN=C(N)N)C(=O)N2CCC[C@H]2C(=O)N[C@@H](CN)C(=O)O)NC(=O)[C@H](Cc2ccc(O)cc2)NC(=O)[C@@H](CC(=O)N=[N+]=[N-])NC(=O)[C@@H](Cc2c[nH]c3ccccc23)NC1=O. The highest BCUT2D eigenvalue weighted by Gasteiger charge is 2.41. The first-order valence-electron chi connectivity index (χ1n) is 31.9. The minimum absolute atomic E-state index is 0.0110. The minimum Gasteiger partial charge on any atom is -0.508 e. The Hall–Kier alpha value is -10.4. The zero-order valence-electron chi connectivity index (χ0n) is 54.6. The number of para-hydroxylation sites is 1. The van der Waals surface area contributed by atoms with Crippen molar-refractivity contribution in [3.05, 3.63) is 124 Å². The van der Waals surface area contributed by atoms with Crippen molar-refractivity contribution >= 4 is 120 Å². The second-order valence-electron chi connectivity index (χ2n) is 24.3. The van der Waals surface area contributed by atoms with Crippen molar-refractivity contribution < 1.29 is 67.7 Å². The van der Waals surface area contributed by atoms with Gasteiger partial charge in [0.25, 0.3) is 0 Å². The van der Waals surface area contributed by atoms with Crippen LogP contribution in [0.4, 0.5) is 0 Å². The number of aliphatic carboxylic acids is 1. The number of fused-ring (bicyclic) bond motifs is 2. The van der Waals surface area contributed by atoms with Crippen LogP contribution in [0.25, 0.3) is 32.1 Å². The molecule has 0 unspecified atom stereocenters. The smallest absolute Gasteiger partial charge is 0.327 e. The number of nitrogens with two attached hydrogens (primary N) is 3. The lowest BCUT2D eigenvalue weighted by Gasteiger charge is -2.31. The van der Waals surface area contributed by atoms with Gasteiger partial charge in [0.2, 0.25) is 65.0 Å². The zero-order chi connectivity index (χ0) is 71.9. The summed E-state index contributed by atoms with van der Waals surface area (Å²) >= 11 is 0. The van der Waals surface area contributed by atoms with Crippen molar-refractivity contribution in [1.82, 2.24) is 57.7 Å². The van der Waals surface area contributed by atoms with Crippen molar-refractivity contribution in [2.75, 3.05) is 31.1 Å². The molecule has 5 aromatic rings. The first kappa shape index (κ1) is 75.9. The number of carbonyl (C=O) groups is 12. The number of azide groups is 1. The summed E-state index contributed by atoms with van der Waals surface area (Å²) in [5.41, 5.74) is 28.2.